The molecule has 0 saturated carbocycles. The van der Waals surface area contributed by atoms with Crippen LogP contribution in [-0.4, -0.2) is 11.8 Å². The van der Waals surface area contributed by atoms with Gasteiger partial charge in [-0.3, -0.25) is 31.3 Å². The van der Waals surface area contributed by atoms with Crippen molar-refractivity contribution in [3.8, 4) is 0 Å². The first kappa shape index (κ1) is 17.0. The number of hydrogen-bond donors (Lipinski definition) is 4. The molecule has 3 rings (SSSR count). The summed E-state index contributed by atoms with van der Waals surface area (Å²) in [6.45, 7) is 0. The second kappa shape index (κ2) is 8.34. The summed E-state index contributed by atoms with van der Waals surface area (Å²) in [5, 5.41) is 0. The minimum absolute atomic E-state index is 0.289. The molecule has 3 aromatic carbocycles. The van der Waals surface area contributed by atoms with E-state index >= 15 is 0 Å². The minimum atomic E-state index is -0.289. The molecule has 0 aliphatic carbocycles. The summed E-state index contributed by atoms with van der Waals surface area (Å²) in [6.07, 6.45) is 0. The lowest BCUT2D eigenvalue weighted by molar-refractivity contribution is 0.0951. The molecule has 3 aromatic rings. The van der Waals surface area contributed by atoms with Crippen molar-refractivity contribution >= 4 is 23.2 Å². The number of carbonyl (C=O) groups is 2. The number of nitrogens with one attached hydrogen (secondary N) is 4. The average Bonchev–Trinajstić information content (AvgIpc) is 2.72. The third-order valence-corrected chi connectivity index (χ3v) is 3.60. The molecule has 0 bridgehead atoms. The van der Waals surface area contributed by atoms with Crippen LogP contribution in [0.4, 0.5) is 11.4 Å². The van der Waals surface area contributed by atoms with Crippen LogP contribution in [0.1, 0.15) is 20.7 Å². The highest BCUT2D eigenvalue weighted by Crippen LogP contribution is 2.07. The summed E-state index contributed by atoms with van der Waals surface area (Å²) in [5.74, 6) is -0.577. The Bertz CT molecular complexity index is 791. The van der Waals surface area contributed by atoms with Crippen molar-refractivity contribution in [3.05, 3.63) is 96.1 Å². The van der Waals surface area contributed by atoms with E-state index in [0.29, 0.717) is 11.1 Å². The van der Waals surface area contributed by atoms with E-state index in [9.17, 15) is 9.59 Å². The Hall–Kier alpha value is -3.80. The third-order valence-electron chi connectivity index (χ3n) is 3.60. The van der Waals surface area contributed by atoms with E-state index in [-0.39, 0.29) is 11.8 Å². The zero-order valence-electron chi connectivity index (χ0n) is 13.9. The van der Waals surface area contributed by atoms with Gasteiger partial charge in [-0.1, -0.05) is 36.4 Å². The number of rotatable bonds is 6. The largest absolute Gasteiger partial charge is 0.298 e. The van der Waals surface area contributed by atoms with Gasteiger partial charge in [-0.2, -0.15) is 0 Å². The van der Waals surface area contributed by atoms with Gasteiger partial charge in [-0.05, 0) is 48.5 Å². The minimum Gasteiger partial charge on any atom is -0.298 e. The molecule has 0 aliphatic heterocycles. The fourth-order valence-electron chi connectivity index (χ4n) is 2.22. The molecule has 6 heteroatoms. The number of para-hydroxylation sites is 2. The van der Waals surface area contributed by atoms with Crippen molar-refractivity contribution in [1.82, 2.24) is 10.9 Å². The molecular weight excluding hydrogens is 328 g/mol. The van der Waals surface area contributed by atoms with Crippen molar-refractivity contribution in [1.29, 1.82) is 0 Å². The lowest BCUT2D eigenvalue weighted by atomic mass is 10.1. The van der Waals surface area contributed by atoms with Crippen LogP contribution in [-0.2, 0) is 0 Å². The Labute approximate surface area is 151 Å². The summed E-state index contributed by atoms with van der Waals surface area (Å²) in [6, 6.07) is 25.0. The van der Waals surface area contributed by atoms with E-state index in [1.165, 1.54) is 0 Å². The predicted molar refractivity (Wildman–Crippen MR) is 102 cm³/mol. The molecule has 0 saturated heterocycles. The second-order valence-corrected chi connectivity index (χ2v) is 5.47. The molecule has 130 valence electrons. The maximum absolute atomic E-state index is 12.1. The van der Waals surface area contributed by atoms with Crippen LogP contribution in [0.3, 0.4) is 0 Å². The first-order valence-electron chi connectivity index (χ1n) is 8.05. The van der Waals surface area contributed by atoms with Crippen LogP contribution in [0.25, 0.3) is 0 Å². The van der Waals surface area contributed by atoms with Gasteiger partial charge in [0, 0.05) is 11.1 Å². The molecule has 4 N–H and O–H groups in total. The summed E-state index contributed by atoms with van der Waals surface area (Å²) < 4.78 is 0. The normalized spacial score (nSPS) is 9.85. The van der Waals surface area contributed by atoms with Gasteiger partial charge in [0.25, 0.3) is 11.8 Å². The Balaban J connectivity index is 1.53. The van der Waals surface area contributed by atoms with Gasteiger partial charge in [-0.25, -0.2) is 0 Å². The van der Waals surface area contributed by atoms with Crippen LogP contribution in [0.15, 0.2) is 84.9 Å². The van der Waals surface area contributed by atoms with Gasteiger partial charge in [0.05, 0.1) is 11.4 Å². The molecule has 0 heterocycles. The average molecular weight is 346 g/mol. The quantitative estimate of drug-likeness (QED) is 0.517. The Morgan fingerprint density at radius 2 is 0.846 bits per heavy atom. The van der Waals surface area contributed by atoms with E-state index in [1.807, 2.05) is 60.7 Å². The molecule has 2 amide bonds. The van der Waals surface area contributed by atoms with Gasteiger partial charge in [0.2, 0.25) is 0 Å². The van der Waals surface area contributed by atoms with E-state index in [0.717, 1.165) is 11.4 Å². The number of anilines is 2. The predicted octanol–water partition coefficient (Wildman–Crippen LogP) is 3.20. The van der Waals surface area contributed by atoms with Crippen LogP contribution in [0.5, 0.6) is 0 Å². The van der Waals surface area contributed by atoms with Crippen LogP contribution >= 0.6 is 0 Å². The molecule has 0 radical (unpaired) electrons. The van der Waals surface area contributed by atoms with Gasteiger partial charge >= 0.3 is 0 Å². The number of carbonyl (C=O) groups excluding carboxylic acids is 2. The Kier molecular flexibility index (Phi) is 5.47. The van der Waals surface area contributed by atoms with E-state index in [2.05, 4.69) is 21.7 Å². The molecule has 0 spiro atoms. The van der Waals surface area contributed by atoms with Crippen molar-refractivity contribution in [2.24, 2.45) is 0 Å². The fourth-order valence-corrected chi connectivity index (χ4v) is 2.22. The maximum atomic E-state index is 12.1. The SMILES string of the molecule is O=C(NNc1ccccc1)c1ccc(C(=O)NNc2ccccc2)cc1. The first-order chi connectivity index (χ1) is 12.7. The van der Waals surface area contributed by atoms with Gasteiger partial charge in [-0.15, -0.1) is 0 Å². The molecule has 6 nitrogen and oxygen atoms in total. The van der Waals surface area contributed by atoms with Crippen molar-refractivity contribution < 1.29 is 9.59 Å². The van der Waals surface area contributed by atoms with E-state index in [4.69, 9.17) is 0 Å². The highest BCUT2D eigenvalue weighted by molar-refractivity contribution is 5.98. The lowest BCUT2D eigenvalue weighted by Crippen LogP contribution is -2.30. The molecular formula is C20H18N4O2. The van der Waals surface area contributed by atoms with Crippen LogP contribution in [0, 0.1) is 0 Å². The first-order valence-corrected chi connectivity index (χ1v) is 8.05. The Morgan fingerprint density at radius 1 is 0.500 bits per heavy atom. The Morgan fingerprint density at radius 3 is 1.19 bits per heavy atom. The van der Waals surface area contributed by atoms with Gasteiger partial charge in [0.15, 0.2) is 0 Å². The van der Waals surface area contributed by atoms with Crippen molar-refractivity contribution in [2.75, 3.05) is 10.9 Å². The maximum Gasteiger partial charge on any atom is 0.269 e. The molecule has 0 atom stereocenters. The summed E-state index contributed by atoms with van der Waals surface area (Å²) >= 11 is 0. The molecule has 26 heavy (non-hydrogen) atoms. The highest BCUT2D eigenvalue weighted by atomic mass is 16.2. The van der Waals surface area contributed by atoms with Gasteiger partial charge in [0.1, 0.15) is 0 Å². The number of hydrazine groups is 2. The lowest BCUT2D eigenvalue weighted by Gasteiger charge is -2.10. The smallest absolute Gasteiger partial charge is 0.269 e. The zero-order chi connectivity index (χ0) is 18.2. The number of amides is 2. The monoisotopic (exact) mass is 346 g/mol. The number of benzene rings is 3. The molecule has 0 aromatic heterocycles. The third kappa shape index (κ3) is 4.61. The standard InChI is InChI=1S/C20H18N4O2/c25-19(23-21-17-7-3-1-4-8-17)15-11-13-16(14-12-15)20(26)24-22-18-9-5-2-6-10-18/h1-14,21-22H,(H,23,25)(H,24,26). The summed E-state index contributed by atoms with van der Waals surface area (Å²) in [5.41, 5.74) is 13.3. The fraction of sp³-hybridized carbons (Fsp3) is 0. The number of hydrogen-bond acceptors (Lipinski definition) is 4. The van der Waals surface area contributed by atoms with Crippen molar-refractivity contribution in [2.45, 2.75) is 0 Å². The molecule has 0 fully saturated rings. The summed E-state index contributed by atoms with van der Waals surface area (Å²) in [4.78, 5) is 24.2. The van der Waals surface area contributed by atoms with Crippen molar-refractivity contribution in [3.63, 3.8) is 0 Å². The second-order valence-electron chi connectivity index (χ2n) is 5.47. The highest BCUT2D eigenvalue weighted by Gasteiger charge is 2.08. The zero-order valence-corrected chi connectivity index (χ0v) is 13.9. The van der Waals surface area contributed by atoms with Crippen LogP contribution in [0.2, 0.25) is 0 Å². The van der Waals surface area contributed by atoms with Crippen LogP contribution < -0.4 is 21.7 Å². The summed E-state index contributed by atoms with van der Waals surface area (Å²) in [7, 11) is 0. The van der Waals surface area contributed by atoms with Gasteiger partial charge < -0.3 is 0 Å². The molecule has 0 aliphatic rings. The topological polar surface area (TPSA) is 82.3 Å². The molecule has 0 unspecified atom stereocenters. The van der Waals surface area contributed by atoms with E-state index in [1.54, 1.807) is 24.3 Å². The van der Waals surface area contributed by atoms with E-state index < -0.39 is 0 Å².